The van der Waals surface area contributed by atoms with Crippen molar-refractivity contribution >= 4 is 50.7 Å². The fraction of sp³-hybridized carbons (Fsp3) is 0.286. The van der Waals surface area contributed by atoms with Gasteiger partial charge in [0.15, 0.2) is 0 Å². The van der Waals surface area contributed by atoms with E-state index in [1.165, 1.54) is 42.3 Å². The van der Waals surface area contributed by atoms with Crippen molar-refractivity contribution in [3.8, 4) is 0 Å². The number of aryl methyl sites for hydroxylation is 1. The average molecular weight is 577 g/mol. The van der Waals surface area contributed by atoms with E-state index in [2.05, 4.69) is 5.32 Å². The maximum atomic E-state index is 13.8. The number of nitrogens with zero attached hydrogens (tertiary/aromatic N) is 2. The van der Waals surface area contributed by atoms with Gasteiger partial charge in [-0.05, 0) is 55.7 Å². The van der Waals surface area contributed by atoms with Crippen molar-refractivity contribution in [1.82, 2.24) is 10.2 Å². The maximum absolute atomic E-state index is 13.8. The topological polar surface area (TPSA) is 86.8 Å². The molecule has 0 spiro atoms. The molecule has 38 heavy (non-hydrogen) atoms. The lowest BCUT2D eigenvalue weighted by Gasteiger charge is -2.33. The highest BCUT2D eigenvalue weighted by atomic mass is 35.5. The van der Waals surface area contributed by atoms with Crippen LogP contribution in [0.1, 0.15) is 24.5 Å². The Morgan fingerprint density at radius 2 is 1.55 bits per heavy atom. The number of rotatable bonds is 11. The summed E-state index contributed by atoms with van der Waals surface area (Å²) >= 11 is 12.4. The second kappa shape index (κ2) is 13.1. The van der Waals surface area contributed by atoms with Crippen LogP contribution in [0.15, 0.2) is 77.7 Å². The molecule has 10 heteroatoms. The fourth-order valence-electron chi connectivity index (χ4n) is 4.11. The summed E-state index contributed by atoms with van der Waals surface area (Å²) in [5.41, 5.74) is 2.02. The van der Waals surface area contributed by atoms with Crippen molar-refractivity contribution in [2.45, 2.75) is 37.6 Å². The Balaban J connectivity index is 2.03. The summed E-state index contributed by atoms with van der Waals surface area (Å²) in [6.07, 6.45) is 0.849. The van der Waals surface area contributed by atoms with Gasteiger partial charge in [0.1, 0.15) is 12.6 Å². The Morgan fingerprint density at radius 1 is 0.947 bits per heavy atom. The Hall–Kier alpha value is -3.07. The molecule has 1 unspecified atom stereocenters. The number of benzene rings is 3. The van der Waals surface area contributed by atoms with Crippen LogP contribution in [0.2, 0.25) is 10.0 Å². The molecule has 0 fully saturated rings. The number of likely N-dealkylation sites (N-methyl/N-ethyl adjacent to an activating group) is 1. The van der Waals surface area contributed by atoms with Crippen molar-refractivity contribution in [2.75, 3.05) is 24.4 Å². The summed E-state index contributed by atoms with van der Waals surface area (Å²) in [6, 6.07) is 19.5. The number of hydrogen-bond donors (Lipinski definition) is 1. The minimum Gasteiger partial charge on any atom is -0.357 e. The molecule has 1 atom stereocenters. The van der Waals surface area contributed by atoms with Crippen molar-refractivity contribution in [3.63, 3.8) is 0 Å². The normalized spacial score (nSPS) is 12.0. The quantitative estimate of drug-likeness (QED) is 0.345. The fourth-order valence-corrected chi connectivity index (χ4v) is 6.02. The van der Waals surface area contributed by atoms with Gasteiger partial charge < -0.3 is 10.2 Å². The van der Waals surface area contributed by atoms with Gasteiger partial charge >= 0.3 is 0 Å². The van der Waals surface area contributed by atoms with E-state index in [0.717, 1.165) is 15.4 Å². The van der Waals surface area contributed by atoms with Gasteiger partial charge in [0.05, 0.1) is 10.6 Å². The molecule has 0 radical (unpaired) electrons. The predicted octanol–water partition coefficient (Wildman–Crippen LogP) is 5.09. The van der Waals surface area contributed by atoms with Crippen LogP contribution in [0.3, 0.4) is 0 Å². The average Bonchev–Trinajstić information content (AvgIpc) is 2.89. The van der Waals surface area contributed by atoms with E-state index < -0.39 is 28.5 Å². The van der Waals surface area contributed by atoms with Crippen LogP contribution in [0.5, 0.6) is 0 Å². The Bertz CT molecular complexity index is 1350. The van der Waals surface area contributed by atoms with Gasteiger partial charge in [0.25, 0.3) is 10.0 Å². The summed E-state index contributed by atoms with van der Waals surface area (Å²) in [5.74, 6) is -0.851. The molecule has 0 aliphatic heterocycles. The number of halogens is 2. The molecular weight excluding hydrogens is 545 g/mol. The van der Waals surface area contributed by atoms with E-state index in [1.54, 1.807) is 19.1 Å². The zero-order chi connectivity index (χ0) is 27.9. The van der Waals surface area contributed by atoms with Crippen molar-refractivity contribution < 1.29 is 18.0 Å². The van der Waals surface area contributed by atoms with Gasteiger partial charge in [-0.3, -0.25) is 13.9 Å². The highest BCUT2D eigenvalue weighted by Gasteiger charge is 2.33. The van der Waals surface area contributed by atoms with Gasteiger partial charge in [-0.25, -0.2) is 8.42 Å². The molecule has 0 heterocycles. The predicted molar refractivity (Wildman–Crippen MR) is 152 cm³/mol. The van der Waals surface area contributed by atoms with E-state index in [0.29, 0.717) is 12.8 Å². The number of carbonyl (C=O) groups is 2. The Kier molecular flexibility index (Phi) is 10.2. The third-order valence-electron chi connectivity index (χ3n) is 6.14. The van der Waals surface area contributed by atoms with Crippen LogP contribution in [0.4, 0.5) is 5.69 Å². The molecule has 3 rings (SSSR count). The molecule has 7 nitrogen and oxygen atoms in total. The first-order valence-corrected chi connectivity index (χ1v) is 14.4. The van der Waals surface area contributed by atoms with Crippen molar-refractivity contribution in [3.05, 3.63) is 94.0 Å². The molecule has 0 aromatic heterocycles. The highest BCUT2D eigenvalue weighted by molar-refractivity contribution is 7.92. The SMILES string of the molecule is CCC(C(=O)NC)N(CCc1ccccc1)C(=O)CN(c1cc(Cl)cc(Cl)c1)S(=O)(=O)c1ccc(C)cc1. The Labute approximate surface area is 234 Å². The van der Waals surface area contributed by atoms with E-state index >= 15 is 0 Å². The highest BCUT2D eigenvalue weighted by Crippen LogP contribution is 2.30. The summed E-state index contributed by atoms with van der Waals surface area (Å²) in [4.78, 5) is 28.0. The Morgan fingerprint density at radius 3 is 2.11 bits per heavy atom. The molecule has 0 bridgehead atoms. The lowest BCUT2D eigenvalue weighted by Crippen LogP contribution is -2.52. The standard InChI is InChI=1S/C28H31Cl2N3O4S/c1-4-26(28(35)31-3)32(15-14-21-8-6-5-7-9-21)27(34)19-33(24-17-22(29)16-23(30)18-24)38(36,37)25-12-10-20(2)11-13-25/h5-13,16-18,26H,4,14-15,19H2,1-3H3,(H,31,35). The second-order valence-corrected chi connectivity index (χ2v) is 11.5. The first kappa shape index (κ1) is 29.5. The van der Waals surface area contributed by atoms with Gasteiger partial charge in [0.2, 0.25) is 11.8 Å². The summed E-state index contributed by atoms with van der Waals surface area (Å²) < 4.78 is 28.6. The molecule has 1 N–H and O–H groups in total. The minimum absolute atomic E-state index is 0.0150. The van der Waals surface area contributed by atoms with Gasteiger partial charge in [-0.15, -0.1) is 0 Å². The maximum Gasteiger partial charge on any atom is 0.264 e. The van der Waals surface area contributed by atoms with E-state index in [4.69, 9.17) is 23.2 Å². The first-order valence-electron chi connectivity index (χ1n) is 12.2. The number of sulfonamides is 1. The molecule has 0 aliphatic rings. The molecule has 202 valence electrons. The monoisotopic (exact) mass is 575 g/mol. The second-order valence-electron chi connectivity index (χ2n) is 8.81. The van der Waals surface area contributed by atoms with Gasteiger partial charge in [0, 0.05) is 23.6 Å². The zero-order valence-electron chi connectivity index (χ0n) is 21.5. The van der Waals surface area contributed by atoms with Crippen LogP contribution in [0, 0.1) is 6.92 Å². The van der Waals surface area contributed by atoms with Gasteiger partial charge in [-0.1, -0.05) is 78.2 Å². The lowest BCUT2D eigenvalue weighted by molar-refractivity contribution is -0.139. The van der Waals surface area contributed by atoms with E-state index in [9.17, 15) is 18.0 Å². The molecule has 2 amide bonds. The third-order valence-corrected chi connectivity index (χ3v) is 8.36. The minimum atomic E-state index is -4.19. The zero-order valence-corrected chi connectivity index (χ0v) is 23.9. The van der Waals surface area contributed by atoms with Crippen LogP contribution >= 0.6 is 23.2 Å². The molecular formula is C28H31Cl2N3O4S. The lowest BCUT2D eigenvalue weighted by atomic mass is 10.1. The van der Waals surface area contributed by atoms with Gasteiger partial charge in [-0.2, -0.15) is 0 Å². The number of carbonyl (C=O) groups excluding carboxylic acids is 2. The summed E-state index contributed by atoms with van der Waals surface area (Å²) in [6.45, 7) is 3.33. The third kappa shape index (κ3) is 7.28. The van der Waals surface area contributed by atoms with Crippen LogP contribution in [-0.4, -0.2) is 51.3 Å². The first-order chi connectivity index (χ1) is 18.1. The van der Waals surface area contributed by atoms with Crippen molar-refractivity contribution in [1.29, 1.82) is 0 Å². The summed E-state index contributed by atoms with van der Waals surface area (Å²) in [7, 11) is -2.68. The van der Waals surface area contributed by atoms with E-state index in [-0.39, 0.29) is 33.1 Å². The number of amides is 2. The number of hydrogen-bond acceptors (Lipinski definition) is 4. The van der Waals surface area contributed by atoms with Crippen LogP contribution in [-0.2, 0) is 26.0 Å². The van der Waals surface area contributed by atoms with Crippen LogP contribution in [0.25, 0.3) is 0 Å². The molecule has 3 aromatic rings. The van der Waals surface area contributed by atoms with Crippen LogP contribution < -0.4 is 9.62 Å². The summed E-state index contributed by atoms with van der Waals surface area (Å²) in [5, 5.41) is 3.06. The molecule has 0 aliphatic carbocycles. The largest absolute Gasteiger partial charge is 0.357 e. The number of anilines is 1. The molecule has 0 saturated heterocycles. The van der Waals surface area contributed by atoms with E-state index in [1.807, 2.05) is 37.3 Å². The van der Waals surface area contributed by atoms with Crippen molar-refractivity contribution in [2.24, 2.45) is 0 Å². The molecule has 0 saturated carbocycles. The molecule has 3 aromatic carbocycles. The smallest absolute Gasteiger partial charge is 0.264 e. The number of nitrogens with one attached hydrogen (secondary N) is 1.